The maximum Gasteiger partial charge on any atom is 0.328 e. The van der Waals surface area contributed by atoms with Gasteiger partial charge in [-0.25, -0.2) is 9.18 Å². The fourth-order valence-corrected chi connectivity index (χ4v) is 2.95. The molecular weight excluding hydrogens is 273 g/mol. The van der Waals surface area contributed by atoms with Gasteiger partial charge in [0.1, 0.15) is 12.1 Å². The van der Waals surface area contributed by atoms with Crippen molar-refractivity contribution in [3.05, 3.63) is 24.0 Å². The molecule has 0 aromatic heterocycles. The van der Waals surface area contributed by atoms with Gasteiger partial charge in [-0.05, 0) is 44.7 Å². The van der Waals surface area contributed by atoms with Crippen LogP contribution in [0.2, 0.25) is 0 Å². The lowest BCUT2D eigenvalue weighted by Gasteiger charge is -2.15. The third-order valence-electron chi connectivity index (χ3n) is 4.04. The normalized spacial score (nSPS) is 25.9. The monoisotopic (exact) mass is 293 g/mol. The zero-order valence-corrected chi connectivity index (χ0v) is 12.1. The van der Waals surface area contributed by atoms with Gasteiger partial charge in [-0.15, -0.1) is 0 Å². The number of carbonyl (C=O) groups excluding carboxylic acids is 1. The SMILES string of the molecule is CC1CC(Nc2ccc(OC3CCCC3)c(F)c2)C(=O)O1. The van der Waals surface area contributed by atoms with Crippen LogP contribution in [0.5, 0.6) is 5.75 Å². The van der Waals surface area contributed by atoms with E-state index in [4.69, 9.17) is 9.47 Å². The average Bonchev–Trinajstić information content (AvgIpc) is 3.03. The van der Waals surface area contributed by atoms with E-state index < -0.39 is 11.9 Å². The molecule has 2 atom stereocenters. The first-order valence-corrected chi connectivity index (χ1v) is 7.55. The number of hydrogen-bond acceptors (Lipinski definition) is 4. The molecule has 0 amide bonds. The molecule has 1 aliphatic heterocycles. The molecular formula is C16H20FNO3. The number of esters is 1. The van der Waals surface area contributed by atoms with E-state index in [1.807, 2.05) is 6.92 Å². The lowest BCUT2D eigenvalue weighted by atomic mass is 10.1. The highest BCUT2D eigenvalue weighted by molar-refractivity contribution is 5.81. The van der Waals surface area contributed by atoms with E-state index in [0.717, 1.165) is 25.7 Å². The van der Waals surface area contributed by atoms with Crippen LogP contribution in [0.15, 0.2) is 18.2 Å². The van der Waals surface area contributed by atoms with E-state index in [1.165, 1.54) is 6.07 Å². The molecule has 0 bridgehead atoms. The summed E-state index contributed by atoms with van der Waals surface area (Å²) in [5.41, 5.74) is 0.572. The lowest BCUT2D eigenvalue weighted by Crippen LogP contribution is -2.24. The van der Waals surface area contributed by atoms with E-state index in [-0.39, 0.29) is 23.9 Å². The van der Waals surface area contributed by atoms with E-state index >= 15 is 0 Å². The highest BCUT2D eigenvalue weighted by Gasteiger charge is 2.31. The minimum absolute atomic E-state index is 0.0928. The summed E-state index contributed by atoms with van der Waals surface area (Å²) in [4.78, 5) is 11.6. The molecule has 114 valence electrons. The van der Waals surface area contributed by atoms with Crippen molar-refractivity contribution in [1.82, 2.24) is 0 Å². The van der Waals surface area contributed by atoms with Crippen molar-refractivity contribution in [2.24, 2.45) is 0 Å². The third kappa shape index (κ3) is 3.28. The summed E-state index contributed by atoms with van der Waals surface area (Å²) in [5, 5.41) is 3.01. The molecule has 1 saturated carbocycles. The molecule has 21 heavy (non-hydrogen) atoms. The van der Waals surface area contributed by atoms with E-state index in [0.29, 0.717) is 12.1 Å². The molecule has 5 heteroatoms. The second-order valence-corrected chi connectivity index (χ2v) is 5.85. The van der Waals surface area contributed by atoms with Crippen molar-refractivity contribution in [2.75, 3.05) is 5.32 Å². The summed E-state index contributed by atoms with van der Waals surface area (Å²) in [6, 6.07) is 4.34. The van der Waals surface area contributed by atoms with Crippen LogP contribution in [0.1, 0.15) is 39.0 Å². The van der Waals surface area contributed by atoms with Gasteiger partial charge in [-0.1, -0.05) is 0 Å². The van der Waals surface area contributed by atoms with Crippen molar-refractivity contribution in [3.63, 3.8) is 0 Å². The minimum atomic E-state index is -0.402. The second-order valence-electron chi connectivity index (χ2n) is 5.85. The maximum atomic E-state index is 14.1. The predicted molar refractivity (Wildman–Crippen MR) is 76.9 cm³/mol. The van der Waals surface area contributed by atoms with Crippen molar-refractivity contribution in [2.45, 2.75) is 57.3 Å². The van der Waals surface area contributed by atoms with Crippen LogP contribution in [-0.2, 0) is 9.53 Å². The number of ether oxygens (including phenoxy) is 2. The number of rotatable bonds is 4. The summed E-state index contributed by atoms with van der Waals surface area (Å²) in [6.07, 6.45) is 4.91. The molecule has 1 saturated heterocycles. The molecule has 2 unspecified atom stereocenters. The highest BCUT2D eigenvalue weighted by atomic mass is 19.1. The average molecular weight is 293 g/mol. The molecule has 1 aromatic rings. The smallest absolute Gasteiger partial charge is 0.328 e. The number of nitrogens with one attached hydrogen (secondary N) is 1. The summed E-state index contributed by atoms with van der Waals surface area (Å²) in [5.74, 6) is -0.393. The molecule has 2 aliphatic rings. The van der Waals surface area contributed by atoms with Crippen LogP contribution < -0.4 is 10.1 Å². The predicted octanol–water partition coefficient (Wildman–Crippen LogP) is 3.26. The Hall–Kier alpha value is -1.78. The Morgan fingerprint density at radius 3 is 2.71 bits per heavy atom. The lowest BCUT2D eigenvalue weighted by molar-refractivity contribution is -0.141. The first-order valence-electron chi connectivity index (χ1n) is 7.55. The first-order chi connectivity index (χ1) is 10.1. The molecule has 0 spiro atoms. The van der Waals surface area contributed by atoms with Gasteiger partial charge >= 0.3 is 5.97 Å². The van der Waals surface area contributed by atoms with Crippen LogP contribution in [-0.4, -0.2) is 24.2 Å². The number of benzene rings is 1. The van der Waals surface area contributed by atoms with Crippen LogP contribution in [0.4, 0.5) is 10.1 Å². The number of anilines is 1. The van der Waals surface area contributed by atoms with Crippen molar-refractivity contribution < 1.29 is 18.7 Å². The van der Waals surface area contributed by atoms with Crippen LogP contribution in [0.25, 0.3) is 0 Å². The molecule has 1 heterocycles. The zero-order chi connectivity index (χ0) is 14.8. The van der Waals surface area contributed by atoms with Gasteiger partial charge in [-0.2, -0.15) is 0 Å². The Balaban J connectivity index is 1.64. The van der Waals surface area contributed by atoms with Crippen LogP contribution in [0.3, 0.4) is 0 Å². The van der Waals surface area contributed by atoms with Crippen LogP contribution >= 0.6 is 0 Å². The molecule has 3 rings (SSSR count). The van der Waals surface area contributed by atoms with Gasteiger partial charge in [0.05, 0.1) is 6.10 Å². The van der Waals surface area contributed by atoms with Gasteiger partial charge in [-0.3, -0.25) is 0 Å². The van der Waals surface area contributed by atoms with Crippen LogP contribution in [0, 0.1) is 5.82 Å². The van der Waals surface area contributed by atoms with Gasteiger partial charge in [0.15, 0.2) is 11.6 Å². The topological polar surface area (TPSA) is 47.6 Å². The van der Waals surface area contributed by atoms with Crippen molar-refractivity contribution in [1.29, 1.82) is 0 Å². The van der Waals surface area contributed by atoms with E-state index in [2.05, 4.69) is 5.32 Å². The summed E-state index contributed by atoms with van der Waals surface area (Å²) >= 11 is 0. The molecule has 2 fully saturated rings. The molecule has 1 aliphatic carbocycles. The molecule has 1 N–H and O–H groups in total. The molecule has 1 aromatic carbocycles. The van der Waals surface area contributed by atoms with Gasteiger partial charge in [0, 0.05) is 18.2 Å². The van der Waals surface area contributed by atoms with Gasteiger partial charge < -0.3 is 14.8 Å². The minimum Gasteiger partial charge on any atom is -0.487 e. The Morgan fingerprint density at radius 1 is 1.33 bits per heavy atom. The van der Waals surface area contributed by atoms with Crippen molar-refractivity contribution in [3.8, 4) is 5.75 Å². The Labute approximate surface area is 123 Å². The summed E-state index contributed by atoms with van der Waals surface area (Å²) in [7, 11) is 0. The van der Waals surface area contributed by atoms with Gasteiger partial charge in [0.25, 0.3) is 0 Å². The zero-order valence-electron chi connectivity index (χ0n) is 12.1. The van der Waals surface area contributed by atoms with E-state index in [9.17, 15) is 9.18 Å². The Kier molecular flexibility index (Phi) is 3.99. The fraction of sp³-hybridized carbons (Fsp3) is 0.562. The van der Waals surface area contributed by atoms with Crippen molar-refractivity contribution >= 4 is 11.7 Å². The summed E-state index contributed by atoms with van der Waals surface area (Å²) in [6.45, 7) is 1.85. The Morgan fingerprint density at radius 2 is 2.10 bits per heavy atom. The Bertz CT molecular complexity index is 528. The van der Waals surface area contributed by atoms with E-state index in [1.54, 1.807) is 12.1 Å². The van der Waals surface area contributed by atoms with Gasteiger partial charge in [0.2, 0.25) is 0 Å². The first kappa shape index (κ1) is 14.2. The summed E-state index contributed by atoms with van der Waals surface area (Å²) < 4.78 is 24.8. The second kappa shape index (κ2) is 5.92. The largest absolute Gasteiger partial charge is 0.487 e. The number of hydrogen-bond donors (Lipinski definition) is 1. The molecule has 4 nitrogen and oxygen atoms in total. The molecule has 0 radical (unpaired) electrons. The number of halogens is 1. The maximum absolute atomic E-state index is 14.1. The standard InChI is InChI=1S/C16H20FNO3/c1-10-8-14(16(19)20-10)18-11-6-7-15(13(17)9-11)21-12-4-2-3-5-12/h6-7,9-10,12,14,18H,2-5,8H2,1H3. The fourth-order valence-electron chi connectivity index (χ4n) is 2.95. The third-order valence-corrected chi connectivity index (χ3v) is 4.04. The number of carbonyl (C=O) groups is 1. The number of cyclic esters (lactones) is 1. The quantitative estimate of drug-likeness (QED) is 0.866. The highest BCUT2D eigenvalue weighted by Crippen LogP contribution is 2.28.